The van der Waals surface area contributed by atoms with E-state index in [-0.39, 0.29) is 6.61 Å². The van der Waals surface area contributed by atoms with Crippen molar-refractivity contribution >= 4 is 23.3 Å². The number of methoxy groups -OCH3 is 2. The lowest BCUT2D eigenvalue weighted by atomic mass is 10.2. The summed E-state index contributed by atoms with van der Waals surface area (Å²) in [6, 6.07) is 9.47. The largest absolute Gasteiger partial charge is 0.481 e. The number of nitrogens with zero attached hydrogens (tertiary/aromatic N) is 5. The van der Waals surface area contributed by atoms with Gasteiger partial charge in [-0.25, -0.2) is 26.2 Å². The molecule has 0 aliphatic rings. The van der Waals surface area contributed by atoms with Crippen LogP contribution in [0.15, 0.2) is 42.6 Å². The van der Waals surface area contributed by atoms with E-state index in [1.165, 1.54) is 21.3 Å². The van der Waals surface area contributed by atoms with Crippen molar-refractivity contribution in [3.8, 4) is 23.3 Å². The molecule has 12 heteroatoms. The first-order valence-corrected chi connectivity index (χ1v) is 9.36. The lowest BCUT2D eigenvalue weighted by Crippen LogP contribution is -2.49. The number of rotatable bonds is 7. The number of carbonyl (C=O) groups excluding carboxylic acids is 1. The van der Waals surface area contributed by atoms with Crippen molar-refractivity contribution in [3.05, 3.63) is 53.2 Å². The van der Waals surface area contributed by atoms with E-state index in [9.17, 15) is 4.79 Å². The molecular weight excluding hydrogens is 426 g/mol. The number of anilines is 1. The van der Waals surface area contributed by atoms with E-state index in [0.717, 1.165) is 10.0 Å². The molecule has 2 aromatic heterocycles. The Morgan fingerprint density at radius 1 is 1.13 bits per heavy atom. The minimum atomic E-state index is -0.619. The number of benzene rings is 1. The summed E-state index contributed by atoms with van der Waals surface area (Å²) in [6.45, 7) is 0.0132. The van der Waals surface area contributed by atoms with Crippen molar-refractivity contribution in [1.82, 2.24) is 19.8 Å². The SMILES string of the molecule is COc1ccc(-n2ccc(OCc3c(Cl)cccc3N(N)C(=O)N(C)N)n2)c(OC)n1. The molecule has 2 amide bonds. The highest BCUT2D eigenvalue weighted by Gasteiger charge is 2.20. The molecule has 0 fully saturated rings. The second kappa shape index (κ2) is 9.51. The van der Waals surface area contributed by atoms with Crippen LogP contribution in [0.25, 0.3) is 5.69 Å². The quantitative estimate of drug-likeness (QED) is 0.319. The standard InChI is InChI=1S/C19H22ClN7O4/c1-25(21)19(28)27(22)14-6-4-5-13(20)12(14)11-31-17-9-10-26(24-17)15-7-8-16(29-2)23-18(15)30-3/h4-10H,11,21-22H2,1-3H3. The minimum Gasteiger partial charge on any atom is -0.481 e. The molecule has 3 rings (SSSR count). The van der Waals surface area contributed by atoms with Gasteiger partial charge in [0.15, 0.2) is 0 Å². The number of hydrogen-bond donors (Lipinski definition) is 2. The molecule has 0 saturated carbocycles. The molecule has 0 aliphatic carbocycles. The fourth-order valence-corrected chi connectivity index (χ4v) is 2.93. The number of urea groups is 1. The Balaban J connectivity index is 1.81. The molecule has 3 aromatic rings. The van der Waals surface area contributed by atoms with E-state index in [1.807, 2.05) is 0 Å². The molecular formula is C19H22ClN7O4. The normalized spacial score (nSPS) is 10.5. The summed E-state index contributed by atoms with van der Waals surface area (Å²) in [5.74, 6) is 12.5. The summed E-state index contributed by atoms with van der Waals surface area (Å²) >= 11 is 6.31. The summed E-state index contributed by atoms with van der Waals surface area (Å²) in [5.41, 5.74) is 1.46. The van der Waals surface area contributed by atoms with Crippen LogP contribution in [0.4, 0.5) is 10.5 Å². The second-order valence-corrected chi connectivity index (χ2v) is 6.68. The minimum absolute atomic E-state index is 0.0132. The van der Waals surface area contributed by atoms with Crippen molar-refractivity contribution in [2.24, 2.45) is 11.7 Å². The molecule has 1 aromatic carbocycles. The molecule has 0 atom stereocenters. The Morgan fingerprint density at radius 3 is 2.58 bits per heavy atom. The summed E-state index contributed by atoms with van der Waals surface area (Å²) in [6.07, 6.45) is 1.69. The molecule has 0 saturated heterocycles. The zero-order valence-corrected chi connectivity index (χ0v) is 17.9. The first-order valence-electron chi connectivity index (χ1n) is 8.98. The van der Waals surface area contributed by atoms with Gasteiger partial charge in [0.1, 0.15) is 12.3 Å². The highest BCUT2D eigenvalue weighted by atomic mass is 35.5. The summed E-state index contributed by atoms with van der Waals surface area (Å²) < 4.78 is 17.7. The monoisotopic (exact) mass is 447 g/mol. The van der Waals surface area contributed by atoms with Gasteiger partial charge in [0, 0.05) is 36.0 Å². The van der Waals surface area contributed by atoms with Crippen LogP contribution in [-0.2, 0) is 6.61 Å². The van der Waals surface area contributed by atoms with Crippen LogP contribution in [0.3, 0.4) is 0 Å². The predicted molar refractivity (Wildman–Crippen MR) is 114 cm³/mol. The van der Waals surface area contributed by atoms with Gasteiger partial charge in [-0.1, -0.05) is 17.7 Å². The third-order valence-electron chi connectivity index (χ3n) is 4.25. The maximum atomic E-state index is 12.1. The predicted octanol–water partition coefficient (Wildman–Crippen LogP) is 2.12. The van der Waals surface area contributed by atoms with E-state index in [4.69, 9.17) is 37.5 Å². The average Bonchev–Trinajstić information content (AvgIpc) is 3.25. The summed E-state index contributed by atoms with van der Waals surface area (Å²) in [4.78, 5) is 16.4. The van der Waals surface area contributed by atoms with Gasteiger partial charge in [0.05, 0.1) is 19.9 Å². The number of halogens is 1. The number of ether oxygens (including phenoxy) is 3. The van der Waals surface area contributed by atoms with Crippen LogP contribution in [0, 0.1) is 0 Å². The number of amides is 2. The van der Waals surface area contributed by atoms with Crippen LogP contribution < -0.4 is 30.9 Å². The van der Waals surface area contributed by atoms with E-state index in [0.29, 0.717) is 39.6 Å². The van der Waals surface area contributed by atoms with E-state index >= 15 is 0 Å². The molecule has 31 heavy (non-hydrogen) atoms. The van der Waals surface area contributed by atoms with Crippen molar-refractivity contribution in [2.45, 2.75) is 6.61 Å². The summed E-state index contributed by atoms with van der Waals surface area (Å²) in [5, 5.41) is 6.52. The first kappa shape index (κ1) is 22.2. The fraction of sp³-hybridized carbons (Fsp3) is 0.211. The lowest BCUT2D eigenvalue weighted by molar-refractivity contribution is 0.216. The second-order valence-electron chi connectivity index (χ2n) is 6.27. The van der Waals surface area contributed by atoms with Gasteiger partial charge < -0.3 is 14.2 Å². The van der Waals surface area contributed by atoms with Gasteiger partial charge in [-0.3, -0.25) is 5.01 Å². The zero-order chi connectivity index (χ0) is 22.5. The van der Waals surface area contributed by atoms with Crippen molar-refractivity contribution in [3.63, 3.8) is 0 Å². The molecule has 4 N–H and O–H groups in total. The number of nitrogens with two attached hydrogens (primary N) is 2. The maximum Gasteiger partial charge on any atom is 0.352 e. The third kappa shape index (κ3) is 4.79. The van der Waals surface area contributed by atoms with E-state index < -0.39 is 6.03 Å². The van der Waals surface area contributed by atoms with Crippen LogP contribution in [-0.4, -0.2) is 47.1 Å². The number of hydrogen-bond acceptors (Lipinski definition) is 8. The molecule has 11 nitrogen and oxygen atoms in total. The van der Waals surface area contributed by atoms with Crippen LogP contribution in [0.5, 0.6) is 17.6 Å². The number of hydrazine groups is 2. The van der Waals surface area contributed by atoms with Crippen molar-refractivity contribution < 1.29 is 19.0 Å². The zero-order valence-electron chi connectivity index (χ0n) is 17.2. The van der Waals surface area contributed by atoms with E-state index in [1.54, 1.807) is 47.3 Å². The summed E-state index contributed by atoms with van der Waals surface area (Å²) in [7, 11) is 4.41. The first-order chi connectivity index (χ1) is 14.8. The number of aromatic nitrogens is 3. The highest BCUT2D eigenvalue weighted by Crippen LogP contribution is 2.29. The molecule has 0 radical (unpaired) electrons. The van der Waals surface area contributed by atoms with Crippen molar-refractivity contribution in [1.29, 1.82) is 0 Å². The molecule has 0 unspecified atom stereocenters. The van der Waals surface area contributed by atoms with Crippen LogP contribution in [0.1, 0.15) is 5.56 Å². The lowest BCUT2D eigenvalue weighted by Gasteiger charge is -2.23. The Bertz CT molecular complexity index is 1070. The molecule has 0 bridgehead atoms. The molecule has 2 heterocycles. The Kier molecular flexibility index (Phi) is 6.80. The Hall–Kier alpha value is -3.54. The van der Waals surface area contributed by atoms with Gasteiger partial charge >= 0.3 is 6.03 Å². The van der Waals surface area contributed by atoms with Gasteiger partial charge in [0.2, 0.25) is 17.6 Å². The van der Waals surface area contributed by atoms with Crippen LogP contribution in [0.2, 0.25) is 5.02 Å². The molecule has 164 valence electrons. The van der Waals surface area contributed by atoms with Gasteiger partial charge in [-0.05, 0) is 18.2 Å². The van der Waals surface area contributed by atoms with Gasteiger partial charge in [-0.2, -0.15) is 4.98 Å². The van der Waals surface area contributed by atoms with Crippen LogP contribution >= 0.6 is 11.6 Å². The van der Waals surface area contributed by atoms with Crippen molar-refractivity contribution in [2.75, 3.05) is 26.3 Å². The smallest absolute Gasteiger partial charge is 0.352 e. The van der Waals surface area contributed by atoms with E-state index in [2.05, 4.69) is 10.1 Å². The fourth-order valence-electron chi connectivity index (χ4n) is 2.71. The Labute approximate surface area is 183 Å². The third-order valence-corrected chi connectivity index (χ3v) is 4.61. The Morgan fingerprint density at radius 2 is 1.90 bits per heavy atom. The number of carbonyl (C=O) groups is 1. The average molecular weight is 448 g/mol. The molecule has 0 aliphatic heterocycles. The maximum absolute atomic E-state index is 12.1. The van der Waals surface area contributed by atoms with Gasteiger partial charge in [0.25, 0.3) is 0 Å². The topological polar surface area (TPSA) is 134 Å². The molecule has 0 spiro atoms. The van der Waals surface area contributed by atoms with Gasteiger partial charge in [-0.15, -0.1) is 5.10 Å². The highest BCUT2D eigenvalue weighted by molar-refractivity contribution is 6.31. The number of pyridine rings is 1.